The highest BCUT2D eigenvalue weighted by molar-refractivity contribution is 7.13. The molecule has 5 nitrogen and oxygen atoms in total. The monoisotopic (exact) mass is 215 g/mol. The average molecular weight is 215 g/mol. The van der Waals surface area contributed by atoms with Crippen LogP contribution in [0.5, 0.6) is 0 Å². The van der Waals surface area contributed by atoms with E-state index in [2.05, 4.69) is 10.2 Å². The van der Waals surface area contributed by atoms with E-state index in [1.165, 1.54) is 11.3 Å². The molecule has 0 bridgehead atoms. The maximum absolute atomic E-state index is 10.8. The molecule has 0 radical (unpaired) electrons. The van der Waals surface area contributed by atoms with E-state index >= 15 is 0 Å². The number of aliphatic hydroxyl groups excluding tert-OH is 1. The number of hydrogen-bond acceptors (Lipinski definition) is 5. The highest BCUT2D eigenvalue weighted by Crippen LogP contribution is 2.28. The van der Waals surface area contributed by atoms with Crippen LogP contribution in [0.3, 0.4) is 0 Å². The third kappa shape index (κ3) is 2.27. The third-order valence-electron chi connectivity index (χ3n) is 1.95. The predicted octanol–water partition coefficient (Wildman–Crippen LogP) is 0.297. The van der Waals surface area contributed by atoms with E-state index in [9.17, 15) is 4.79 Å². The van der Waals surface area contributed by atoms with Gasteiger partial charge < -0.3 is 10.8 Å². The lowest BCUT2D eigenvalue weighted by Gasteiger charge is -2.19. The van der Waals surface area contributed by atoms with E-state index < -0.39 is 5.91 Å². The molecular weight excluding hydrogens is 202 g/mol. The molecule has 0 saturated carbocycles. The molecule has 14 heavy (non-hydrogen) atoms. The molecule has 6 heteroatoms. The number of carbonyl (C=O) groups excluding carboxylic acids is 1. The predicted molar refractivity (Wildman–Crippen MR) is 53.2 cm³/mol. The van der Waals surface area contributed by atoms with E-state index in [1.807, 2.05) is 13.8 Å². The lowest BCUT2D eigenvalue weighted by molar-refractivity contribution is 0.0999. The van der Waals surface area contributed by atoms with Crippen molar-refractivity contribution in [2.24, 2.45) is 5.73 Å². The fraction of sp³-hybridized carbons (Fsp3) is 0.625. The normalized spacial score (nSPS) is 11.6. The summed E-state index contributed by atoms with van der Waals surface area (Å²) in [6, 6.07) is 0. The van der Waals surface area contributed by atoms with Gasteiger partial charge in [-0.3, -0.25) is 4.79 Å². The standard InChI is InChI=1S/C8H13N3O2S/c1-8(2,3-4-12)7-11-10-6(14-7)5(9)13/h12H,3-4H2,1-2H3,(H2,9,13). The Labute approximate surface area is 86.0 Å². The maximum atomic E-state index is 10.8. The van der Waals surface area contributed by atoms with Crippen LogP contribution >= 0.6 is 11.3 Å². The summed E-state index contributed by atoms with van der Waals surface area (Å²) >= 11 is 1.18. The van der Waals surface area contributed by atoms with Crippen LogP contribution in [0.1, 0.15) is 35.1 Å². The Balaban J connectivity index is 2.90. The molecule has 0 spiro atoms. The number of primary amides is 1. The van der Waals surface area contributed by atoms with Gasteiger partial charge in [-0.2, -0.15) is 0 Å². The number of amides is 1. The Morgan fingerprint density at radius 2 is 2.21 bits per heavy atom. The van der Waals surface area contributed by atoms with Gasteiger partial charge in [0, 0.05) is 12.0 Å². The minimum absolute atomic E-state index is 0.0818. The van der Waals surface area contributed by atoms with Gasteiger partial charge in [0.1, 0.15) is 5.01 Å². The average Bonchev–Trinajstić information content (AvgIpc) is 2.51. The molecule has 1 aromatic rings. The van der Waals surface area contributed by atoms with Gasteiger partial charge >= 0.3 is 0 Å². The molecule has 0 fully saturated rings. The van der Waals surface area contributed by atoms with E-state index in [4.69, 9.17) is 10.8 Å². The summed E-state index contributed by atoms with van der Waals surface area (Å²) in [4.78, 5) is 10.8. The van der Waals surface area contributed by atoms with Crippen molar-refractivity contribution in [1.82, 2.24) is 10.2 Å². The Morgan fingerprint density at radius 3 is 2.64 bits per heavy atom. The van der Waals surface area contributed by atoms with Crippen LogP contribution in [-0.2, 0) is 5.41 Å². The van der Waals surface area contributed by atoms with Gasteiger partial charge in [0.2, 0.25) is 5.01 Å². The third-order valence-corrected chi connectivity index (χ3v) is 3.26. The topological polar surface area (TPSA) is 89.1 Å². The number of aromatic nitrogens is 2. The molecular formula is C8H13N3O2S. The van der Waals surface area contributed by atoms with Crippen molar-refractivity contribution < 1.29 is 9.90 Å². The summed E-state index contributed by atoms with van der Waals surface area (Å²) in [5.74, 6) is -0.562. The van der Waals surface area contributed by atoms with Crippen molar-refractivity contribution in [3.8, 4) is 0 Å². The van der Waals surface area contributed by atoms with Crippen molar-refractivity contribution in [3.63, 3.8) is 0 Å². The van der Waals surface area contributed by atoms with Gasteiger partial charge in [-0.1, -0.05) is 25.2 Å². The Morgan fingerprint density at radius 1 is 1.57 bits per heavy atom. The molecule has 0 atom stereocenters. The number of aliphatic hydroxyl groups is 1. The molecule has 0 aromatic carbocycles. The van der Waals surface area contributed by atoms with Gasteiger partial charge in [-0.05, 0) is 6.42 Å². The zero-order chi connectivity index (χ0) is 10.8. The molecule has 78 valence electrons. The van der Waals surface area contributed by atoms with Crippen LogP contribution < -0.4 is 5.73 Å². The molecule has 1 aromatic heterocycles. The van der Waals surface area contributed by atoms with Crippen molar-refractivity contribution in [2.45, 2.75) is 25.7 Å². The first-order valence-corrected chi connectivity index (χ1v) is 5.03. The smallest absolute Gasteiger partial charge is 0.279 e. The Hall–Kier alpha value is -1.01. The van der Waals surface area contributed by atoms with Crippen LogP contribution in [0.4, 0.5) is 0 Å². The van der Waals surface area contributed by atoms with Crippen LogP contribution in [-0.4, -0.2) is 27.8 Å². The number of hydrogen-bond donors (Lipinski definition) is 2. The molecule has 0 aliphatic heterocycles. The minimum Gasteiger partial charge on any atom is -0.396 e. The number of carbonyl (C=O) groups is 1. The number of rotatable bonds is 4. The fourth-order valence-corrected chi connectivity index (χ4v) is 1.81. The molecule has 0 unspecified atom stereocenters. The van der Waals surface area contributed by atoms with E-state index in [0.29, 0.717) is 6.42 Å². The summed E-state index contributed by atoms with van der Waals surface area (Å²) < 4.78 is 0. The van der Waals surface area contributed by atoms with E-state index in [-0.39, 0.29) is 17.0 Å². The van der Waals surface area contributed by atoms with Gasteiger partial charge in [0.25, 0.3) is 5.91 Å². The van der Waals surface area contributed by atoms with Crippen molar-refractivity contribution in [3.05, 3.63) is 10.0 Å². The molecule has 1 rings (SSSR count). The zero-order valence-electron chi connectivity index (χ0n) is 8.15. The highest BCUT2D eigenvalue weighted by atomic mass is 32.1. The summed E-state index contributed by atoms with van der Waals surface area (Å²) in [5.41, 5.74) is 4.80. The van der Waals surface area contributed by atoms with Crippen molar-refractivity contribution in [1.29, 1.82) is 0 Å². The number of nitrogens with zero attached hydrogens (tertiary/aromatic N) is 2. The number of nitrogens with two attached hydrogens (primary N) is 1. The molecule has 1 heterocycles. The van der Waals surface area contributed by atoms with Crippen molar-refractivity contribution in [2.75, 3.05) is 6.61 Å². The SMILES string of the molecule is CC(C)(CCO)c1nnc(C(N)=O)s1. The largest absolute Gasteiger partial charge is 0.396 e. The zero-order valence-corrected chi connectivity index (χ0v) is 8.97. The Bertz CT molecular complexity index is 335. The second kappa shape index (κ2) is 4.02. The van der Waals surface area contributed by atoms with Crippen molar-refractivity contribution >= 4 is 17.2 Å². The lowest BCUT2D eigenvalue weighted by atomic mass is 9.91. The first-order valence-electron chi connectivity index (χ1n) is 4.22. The summed E-state index contributed by atoms with van der Waals surface area (Å²) in [7, 11) is 0. The summed E-state index contributed by atoms with van der Waals surface area (Å²) in [6.45, 7) is 3.96. The second-order valence-electron chi connectivity index (χ2n) is 3.63. The molecule has 1 amide bonds. The van der Waals surface area contributed by atoms with Gasteiger partial charge in [-0.15, -0.1) is 10.2 Å². The van der Waals surface area contributed by atoms with Crippen LogP contribution in [0, 0.1) is 0 Å². The second-order valence-corrected chi connectivity index (χ2v) is 4.61. The Kier molecular flexibility index (Phi) is 3.17. The molecule has 3 N–H and O–H groups in total. The quantitative estimate of drug-likeness (QED) is 0.755. The minimum atomic E-state index is -0.562. The summed E-state index contributed by atoms with van der Waals surface area (Å²) in [6.07, 6.45) is 0.584. The van der Waals surface area contributed by atoms with Gasteiger partial charge in [0.05, 0.1) is 0 Å². The fourth-order valence-electron chi connectivity index (χ4n) is 0.983. The first-order chi connectivity index (χ1) is 6.47. The first kappa shape index (κ1) is 11.1. The van der Waals surface area contributed by atoms with Crippen LogP contribution in [0.2, 0.25) is 0 Å². The maximum Gasteiger partial charge on any atom is 0.279 e. The van der Waals surface area contributed by atoms with Gasteiger partial charge in [-0.25, -0.2) is 0 Å². The van der Waals surface area contributed by atoms with Crippen LogP contribution in [0.25, 0.3) is 0 Å². The lowest BCUT2D eigenvalue weighted by Crippen LogP contribution is -2.18. The summed E-state index contributed by atoms with van der Waals surface area (Å²) in [5, 5.41) is 17.3. The molecule has 0 aliphatic rings. The van der Waals surface area contributed by atoms with Gasteiger partial charge in [0.15, 0.2) is 0 Å². The molecule has 0 aliphatic carbocycles. The van der Waals surface area contributed by atoms with E-state index in [1.54, 1.807) is 0 Å². The highest BCUT2D eigenvalue weighted by Gasteiger charge is 2.25. The van der Waals surface area contributed by atoms with Crippen LogP contribution in [0.15, 0.2) is 0 Å². The van der Waals surface area contributed by atoms with E-state index in [0.717, 1.165) is 5.01 Å². The molecule has 0 saturated heterocycles.